The summed E-state index contributed by atoms with van der Waals surface area (Å²) in [5, 5.41) is 2.89. The van der Waals surface area contributed by atoms with Gasteiger partial charge >= 0.3 is 6.03 Å². The van der Waals surface area contributed by atoms with Gasteiger partial charge < -0.3 is 19.5 Å². The van der Waals surface area contributed by atoms with Crippen LogP contribution in [0, 0.1) is 13.8 Å². The zero-order chi connectivity index (χ0) is 22.9. The standard InChI is InChI=1S/C26H29N3O3/c1-4-16-28(26(31)27-24-13-9-8-10-20(24)2)19-25(30)29(17-22-11-6-5-7-12-22)18-23-15-14-21(3)32-23/h4-15H,1,16-19H2,2-3H3,(H,27,31). The molecule has 0 saturated carbocycles. The molecule has 6 nitrogen and oxygen atoms in total. The minimum absolute atomic E-state index is 0.0732. The van der Waals surface area contributed by atoms with E-state index in [1.807, 2.05) is 80.6 Å². The van der Waals surface area contributed by atoms with Crippen molar-refractivity contribution in [3.8, 4) is 0 Å². The highest BCUT2D eigenvalue weighted by Gasteiger charge is 2.22. The molecule has 1 N–H and O–H groups in total. The maximum Gasteiger partial charge on any atom is 0.322 e. The number of para-hydroxylation sites is 1. The molecular weight excluding hydrogens is 402 g/mol. The first-order valence-corrected chi connectivity index (χ1v) is 10.6. The number of carbonyl (C=O) groups is 2. The van der Waals surface area contributed by atoms with Crippen LogP contribution in [-0.4, -0.2) is 34.8 Å². The Morgan fingerprint density at radius 3 is 2.31 bits per heavy atom. The second-order valence-electron chi connectivity index (χ2n) is 7.66. The zero-order valence-electron chi connectivity index (χ0n) is 18.6. The third-order valence-corrected chi connectivity index (χ3v) is 5.06. The van der Waals surface area contributed by atoms with Crippen LogP contribution in [0.1, 0.15) is 22.6 Å². The highest BCUT2D eigenvalue weighted by molar-refractivity contribution is 5.93. The molecule has 166 valence electrons. The molecule has 0 unspecified atom stereocenters. The van der Waals surface area contributed by atoms with Crippen molar-refractivity contribution in [2.45, 2.75) is 26.9 Å². The van der Waals surface area contributed by atoms with E-state index in [9.17, 15) is 9.59 Å². The molecule has 3 aromatic rings. The van der Waals surface area contributed by atoms with Crippen molar-refractivity contribution in [1.82, 2.24) is 9.80 Å². The summed E-state index contributed by atoms with van der Waals surface area (Å²) in [7, 11) is 0. The van der Waals surface area contributed by atoms with E-state index in [0.717, 1.165) is 16.9 Å². The monoisotopic (exact) mass is 431 g/mol. The fourth-order valence-corrected chi connectivity index (χ4v) is 3.34. The molecule has 0 spiro atoms. The smallest absolute Gasteiger partial charge is 0.322 e. The summed E-state index contributed by atoms with van der Waals surface area (Å²) in [4.78, 5) is 29.4. The second kappa shape index (κ2) is 11.0. The first-order valence-electron chi connectivity index (χ1n) is 10.6. The van der Waals surface area contributed by atoms with Crippen molar-refractivity contribution in [3.63, 3.8) is 0 Å². The number of rotatable bonds is 9. The number of anilines is 1. The van der Waals surface area contributed by atoms with Gasteiger partial charge in [0.25, 0.3) is 0 Å². The lowest BCUT2D eigenvalue weighted by Crippen LogP contribution is -2.44. The number of furan rings is 1. The molecule has 0 aliphatic heterocycles. The maximum atomic E-state index is 13.3. The Kier molecular flexibility index (Phi) is 7.86. The summed E-state index contributed by atoms with van der Waals surface area (Å²) >= 11 is 0. The van der Waals surface area contributed by atoms with Crippen LogP contribution in [-0.2, 0) is 17.9 Å². The molecule has 0 aliphatic carbocycles. The van der Waals surface area contributed by atoms with E-state index in [0.29, 0.717) is 24.5 Å². The Balaban J connectivity index is 1.75. The molecule has 32 heavy (non-hydrogen) atoms. The molecule has 0 aliphatic rings. The number of hydrogen-bond acceptors (Lipinski definition) is 3. The van der Waals surface area contributed by atoms with Crippen LogP contribution in [0.5, 0.6) is 0 Å². The average Bonchev–Trinajstić information content (AvgIpc) is 3.19. The Morgan fingerprint density at radius 2 is 1.66 bits per heavy atom. The molecule has 2 aromatic carbocycles. The highest BCUT2D eigenvalue weighted by Crippen LogP contribution is 2.16. The van der Waals surface area contributed by atoms with E-state index in [2.05, 4.69) is 11.9 Å². The number of amides is 3. The van der Waals surface area contributed by atoms with Gasteiger partial charge in [-0.2, -0.15) is 0 Å². The lowest BCUT2D eigenvalue weighted by atomic mass is 10.2. The quantitative estimate of drug-likeness (QED) is 0.477. The van der Waals surface area contributed by atoms with Gasteiger partial charge in [-0.25, -0.2) is 4.79 Å². The third kappa shape index (κ3) is 6.35. The van der Waals surface area contributed by atoms with E-state index in [1.54, 1.807) is 11.0 Å². The van der Waals surface area contributed by atoms with Gasteiger partial charge in [0.2, 0.25) is 5.91 Å². The fourth-order valence-electron chi connectivity index (χ4n) is 3.34. The molecule has 3 rings (SSSR count). The van der Waals surface area contributed by atoms with Crippen LogP contribution >= 0.6 is 0 Å². The first-order chi connectivity index (χ1) is 15.5. The lowest BCUT2D eigenvalue weighted by molar-refractivity contribution is -0.133. The third-order valence-electron chi connectivity index (χ3n) is 5.06. The van der Waals surface area contributed by atoms with Gasteiger partial charge in [0.15, 0.2) is 0 Å². The van der Waals surface area contributed by atoms with Crippen LogP contribution in [0.15, 0.2) is 83.8 Å². The van der Waals surface area contributed by atoms with Crippen molar-refractivity contribution < 1.29 is 14.0 Å². The van der Waals surface area contributed by atoms with Gasteiger partial charge in [-0.3, -0.25) is 4.79 Å². The minimum atomic E-state index is -0.346. The highest BCUT2D eigenvalue weighted by atomic mass is 16.3. The number of hydrogen-bond donors (Lipinski definition) is 1. The molecule has 0 bridgehead atoms. The molecular formula is C26H29N3O3. The Hall–Kier alpha value is -3.80. The molecule has 1 aromatic heterocycles. The molecule has 3 amide bonds. The van der Waals surface area contributed by atoms with E-state index in [-0.39, 0.29) is 25.0 Å². The predicted molar refractivity (Wildman–Crippen MR) is 126 cm³/mol. The molecule has 0 radical (unpaired) electrons. The largest absolute Gasteiger partial charge is 0.464 e. The Labute approximate surface area is 189 Å². The number of aryl methyl sites for hydroxylation is 2. The van der Waals surface area contributed by atoms with Gasteiger partial charge in [-0.15, -0.1) is 6.58 Å². The lowest BCUT2D eigenvalue weighted by Gasteiger charge is -2.27. The number of nitrogens with one attached hydrogen (secondary N) is 1. The second-order valence-corrected chi connectivity index (χ2v) is 7.66. The number of benzene rings is 2. The van der Waals surface area contributed by atoms with Crippen molar-refractivity contribution in [2.24, 2.45) is 0 Å². The molecule has 0 saturated heterocycles. The van der Waals surface area contributed by atoms with Crippen LogP contribution in [0.2, 0.25) is 0 Å². The van der Waals surface area contributed by atoms with Gasteiger partial charge in [0.1, 0.15) is 18.1 Å². The summed E-state index contributed by atoms with van der Waals surface area (Å²) in [5.41, 5.74) is 2.67. The minimum Gasteiger partial charge on any atom is -0.464 e. The normalized spacial score (nSPS) is 10.4. The van der Waals surface area contributed by atoms with E-state index < -0.39 is 0 Å². The zero-order valence-corrected chi connectivity index (χ0v) is 18.6. The topological polar surface area (TPSA) is 65.8 Å². The van der Waals surface area contributed by atoms with Gasteiger partial charge in [0, 0.05) is 18.8 Å². The van der Waals surface area contributed by atoms with Crippen molar-refractivity contribution in [3.05, 3.63) is 102 Å². The van der Waals surface area contributed by atoms with E-state index >= 15 is 0 Å². The number of nitrogens with zero attached hydrogens (tertiary/aromatic N) is 2. The summed E-state index contributed by atoms with van der Waals surface area (Å²) in [5.74, 6) is 1.31. The Morgan fingerprint density at radius 1 is 0.938 bits per heavy atom. The number of carbonyl (C=O) groups excluding carboxylic acids is 2. The summed E-state index contributed by atoms with van der Waals surface area (Å²) in [6, 6.07) is 20.7. The van der Waals surface area contributed by atoms with Crippen molar-refractivity contribution in [1.29, 1.82) is 0 Å². The molecule has 1 heterocycles. The number of urea groups is 1. The maximum absolute atomic E-state index is 13.3. The SMILES string of the molecule is C=CCN(CC(=O)N(Cc1ccccc1)Cc1ccc(C)o1)C(=O)Nc1ccccc1C. The molecule has 6 heteroatoms. The molecule has 0 atom stereocenters. The summed E-state index contributed by atoms with van der Waals surface area (Å²) in [6.45, 7) is 8.45. The van der Waals surface area contributed by atoms with E-state index in [4.69, 9.17) is 4.42 Å². The van der Waals surface area contributed by atoms with Crippen LogP contribution in [0.3, 0.4) is 0 Å². The Bertz CT molecular complexity index is 1060. The summed E-state index contributed by atoms with van der Waals surface area (Å²) in [6.07, 6.45) is 1.61. The molecule has 0 fully saturated rings. The van der Waals surface area contributed by atoms with Crippen LogP contribution < -0.4 is 5.32 Å². The van der Waals surface area contributed by atoms with Gasteiger partial charge in [-0.05, 0) is 43.2 Å². The van der Waals surface area contributed by atoms with Crippen LogP contribution in [0.25, 0.3) is 0 Å². The van der Waals surface area contributed by atoms with Crippen LogP contribution in [0.4, 0.5) is 10.5 Å². The van der Waals surface area contributed by atoms with E-state index in [1.165, 1.54) is 4.90 Å². The van der Waals surface area contributed by atoms with Crippen molar-refractivity contribution in [2.75, 3.05) is 18.4 Å². The first kappa shape index (κ1) is 22.9. The summed E-state index contributed by atoms with van der Waals surface area (Å²) < 4.78 is 5.69. The predicted octanol–water partition coefficient (Wildman–Crippen LogP) is 5.15. The fraction of sp³-hybridized carbons (Fsp3) is 0.231. The average molecular weight is 432 g/mol. The van der Waals surface area contributed by atoms with Crippen molar-refractivity contribution >= 4 is 17.6 Å². The van der Waals surface area contributed by atoms with Gasteiger partial charge in [-0.1, -0.05) is 54.6 Å². The van der Waals surface area contributed by atoms with Gasteiger partial charge in [0.05, 0.1) is 6.54 Å².